The van der Waals surface area contributed by atoms with Gasteiger partial charge in [-0.3, -0.25) is 0 Å². The minimum Gasteiger partial charge on any atom is -0.324 e. The van der Waals surface area contributed by atoms with Gasteiger partial charge in [0, 0.05) is 23.2 Å². The van der Waals surface area contributed by atoms with Gasteiger partial charge in [-0.15, -0.1) is 11.3 Å². The number of aryl methyl sites for hydroxylation is 1. The van der Waals surface area contributed by atoms with Crippen LogP contribution in [0, 0.1) is 6.92 Å². The Kier molecular flexibility index (Phi) is 3.64. The Balaban J connectivity index is 2.47. The fourth-order valence-corrected chi connectivity index (χ4v) is 1.88. The van der Waals surface area contributed by atoms with Crippen molar-refractivity contribution in [3.8, 4) is 0 Å². The highest BCUT2D eigenvalue weighted by molar-refractivity contribution is 7.11. The number of hydrogen-bond acceptors (Lipinski definition) is 4. The van der Waals surface area contributed by atoms with Crippen molar-refractivity contribution in [2.75, 3.05) is 6.54 Å². The maximum absolute atomic E-state index is 5.89. The zero-order chi connectivity index (χ0) is 10.8. The van der Waals surface area contributed by atoms with Crippen LogP contribution >= 0.6 is 11.3 Å². The fraction of sp³-hybridized carbons (Fsp3) is 0.700. The summed E-state index contributed by atoms with van der Waals surface area (Å²) in [6, 6.07) is 0.288. The van der Waals surface area contributed by atoms with E-state index in [9.17, 15) is 0 Å². The van der Waals surface area contributed by atoms with Crippen molar-refractivity contribution in [1.29, 1.82) is 0 Å². The average molecular weight is 213 g/mol. The fourth-order valence-electron chi connectivity index (χ4n) is 1.08. The molecule has 1 unspecified atom stereocenters. The second kappa shape index (κ2) is 4.38. The van der Waals surface area contributed by atoms with E-state index < -0.39 is 0 Å². The van der Waals surface area contributed by atoms with E-state index in [0.717, 1.165) is 11.6 Å². The third kappa shape index (κ3) is 3.74. The van der Waals surface area contributed by atoms with E-state index in [4.69, 9.17) is 5.73 Å². The van der Waals surface area contributed by atoms with E-state index >= 15 is 0 Å². The lowest BCUT2D eigenvalue weighted by atomic mass is 10.1. The summed E-state index contributed by atoms with van der Waals surface area (Å²) in [5.74, 6) is 0. The molecule has 1 aromatic heterocycles. The molecule has 0 aliphatic rings. The number of rotatable bonds is 4. The van der Waals surface area contributed by atoms with E-state index in [1.807, 2.05) is 20.0 Å². The second-order valence-electron chi connectivity index (χ2n) is 4.40. The van der Waals surface area contributed by atoms with Crippen LogP contribution in [0.15, 0.2) is 6.20 Å². The zero-order valence-corrected chi connectivity index (χ0v) is 10.1. The van der Waals surface area contributed by atoms with Gasteiger partial charge in [0.05, 0.1) is 6.04 Å². The highest BCUT2D eigenvalue weighted by Crippen LogP contribution is 2.18. The van der Waals surface area contributed by atoms with Gasteiger partial charge in [0.25, 0.3) is 0 Å². The molecule has 14 heavy (non-hydrogen) atoms. The van der Waals surface area contributed by atoms with E-state index in [0.29, 0.717) is 0 Å². The Morgan fingerprint density at radius 3 is 2.71 bits per heavy atom. The maximum atomic E-state index is 5.89. The molecule has 0 amide bonds. The summed E-state index contributed by atoms with van der Waals surface area (Å²) in [6.45, 7) is 9.01. The van der Waals surface area contributed by atoms with Gasteiger partial charge in [-0.25, -0.2) is 4.98 Å². The topological polar surface area (TPSA) is 50.9 Å². The molecule has 3 nitrogen and oxygen atoms in total. The third-order valence-corrected chi connectivity index (χ3v) is 2.97. The first-order valence-corrected chi connectivity index (χ1v) is 5.65. The molecule has 0 fully saturated rings. The lowest BCUT2D eigenvalue weighted by Crippen LogP contribution is -2.43. The van der Waals surface area contributed by atoms with Gasteiger partial charge in [-0.05, 0) is 27.7 Å². The molecule has 0 aliphatic heterocycles. The summed E-state index contributed by atoms with van der Waals surface area (Å²) in [4.78, 5) is 5.58. The quantitative estimate of drug-likeness (QED) is 0.802. The maximum Gasteiger partial charge on any atom is 0.109 e. The summed E-state index contributed by atoms with van der Waals surface area (Å²) < 4.78 is 0. The van der Waals surface area contributed by atoms with Gasteiger partial charge in [0.15, 0.2) is 0 Å². The Bertz CT molecular complexity index is 288. The van der Waals surface area contributed by atoms with Crippen molar-refractivity contribution >= 4 is 11.3 Å². The predicted molar refractivity (Wildman–Crippen MR) is 61.5 cm³/mol. The Morgan fingerprint density at radius 1 is 1.64 bits per heavy atom. The van der Waals surface area contributed by atoms with E-state index in [1.54, 1.807) is 11.3 Å². The number of nitrogens with two attached hydrogens (primary N) is 1. The van der Waals surface area contributed by atoms with Gasteiger partial charge >= 0.3 is 0 Å². The summed E-state index contributed by atoms with van der Waals surface area (Å²) in [5, 5.41) is 4.51. The van der Waals surface area contributed by atoms with Gasteiger partial charge in [0.1, 0.15) is 5.01 Å². The lowest BCUT2D eigenvalue weighted by molar-refractivity contribution is 0.434. The predicted octanol–water partition coefficient (Wildman–Crippen LogP) is 1.84. The van der Waals surface area contributed by atoms with Crippen molar-refractivity contribution < 1.29 is 0 Å². The molecule has 0 radical (unpaired) electrons. The minimum absolute atomic E-state index is 0.166. The molecule has 0 bridgehead atoms. The van der Waals surface area contributed by atoms with Crippen molar-refractivity contribution in [3.05, 3.63) is 16.1 Å². The van der Waals surface area contributed by atoms with Crippen LogP contribution in [0.1, 0.15) is 36.7 Å². The molecule has 0 aromatic carbocycles. The van der Waals surface area contributed by atoms with Crippen LogP contribution in [0.2, 0.25) is 0 Å². The van der Waals surface area contributed by atoms with Crippen LogP contribution < -0.4 is 11.1 Å². The van der Waals surface area contributed by atoms with Crippen LogP contribution in [0.25, 0.3) is 0 Å². The van der Waals surface area contributed by atoms with E-state index in [-0.39, 0.29) is 11.6 Å². The molecule has 4 heteroatoms. The van der Waals surface area contributed by atoms with Crippen LogP contribution in [0.4, 0.5) is 0 Å². The Morgan fingerprint density at radius 2 is 2.29 bits per heavy atom. The van der Waals surface area contributed by atoms with E-state index in [1.165, 1.54) is 4.88 Å². The standard InChI is InChI=1S/C10H19N3S/c1-7-5-12-9(14-7)8(2)13-6-10(3,4)11/h5,8,13H,6,11H2,1-4H3. The number of nitrogens with one attached hydrogen (secondary N) is 1. The first-order chi connectivity index (χ1) is 6.38. The number of hydrogen-bond donors (Lipinski definition) is 2. The Labute approximate surface area is 89.7 Å². The van der Waals surface area contributed by atoms with Crippen LogP contribution in [-0.2, 0) is 0 Å². The summed E-state index contributed by atoms with van der Waals surface area (Å²) >= 11 is 1.73. The van der Waals surface area contributed by atoms with Crippen molar-refractivity contribution in [1.82, 2.24) is 10.3 Å². The summed E-state index contributed by atoms with van der Waals surface area (Å²) in [5.41, 5.74) is 5.72. The highest BCUT2D eigenvalue weighted by atomic mass is 32.1. The lowest BCUT2D eigenvalue weighted by Gasteiger charge is -2.21. The molecule has 1 atom stereocenters. The first-order valence-electron chi connectivity index (χ1n) is 4.83. The molecule has 1 rings (SSSR count). The average Bonchev–Trinajstić information content (AvgIpc) is 2.46. The molecule has 0 spiro atoms. The van der Waals surface area contributed by atoms with Crippen molar-refractivity contribution in [2.45, 2.75) is 39.3 Å². The van der Waals surface area contributed by atoms with Gasteiger partial charge in [-0.1, -0.05) is 0 Å². The molecule has 1 aromatic rings. The monoisotopic (exact) mass is 213 g/mol. The Hall–Kier alpha value is -0.450. The van der Waals surface area contributed by atoms with Crippen LogP contribution in [0.3, 0.4) is 0 Å². The smallest absolute Gasteiger partial charge is 0.109 e. The second-order valence-corrected chi connectivity index (χ2v) is 5.67. The largest absolute Gasteiger partial charge is 0.324 e. The molecule has 1 heterocycles. The molecule has 80 valence electrons. The number of thiazole rings is 1. The zero-order valence-electron chi connectivity index (χ0n) is 9.29. The van der Waals surface area contributed by atoms with Crippen molar-refractivity contribution in [3.63, 3.8) is 0 Å². The molecule has 0 saturated carbocycles. The SMILES string of the molecule is Cc1cnc(C(C)NCC(C)(C)N)s1. The molecule has 0 aliphatic carbocycles. The third-order valence-electron chi connectivity index (χ3n) is 1.87. The number of nitrogens with zero attached hydrogens (tertiary/aromatic N) is 1. The van der Waals surface area contributed by atoms with Crippen LogP contribution in [0.5, 0.6) is 0 Å². The van der Waals surface area contributed by atoms with Gasteiger partial charge in [-0.2, -0.15) is 0 Å². The van der Waals surface area contributed by atoms with Gasteiger partial charge in [0.2, 0.25) is 0 Å². The van der Waals surface area contributed by atoms with Crippen LogP contribution in [-0.4, -0.2) is 17.1 Å². The summed E-state index contributed by atoms with van der Waals surface area (Å²) in [7, 11) is 0. The molecule has 0 saturated heterocycles. The molecule has 3 N–H and O–H groups in total. The summed E-state index contributed by atoms with van der Waals surface area (Å²) in [6.07, 6.45) is 1.91. The normalized spacial score (nSPS) is 14.4. The molecular weight excluding hydrogens is 194 g/mol. The van der Waals surface area contributed by atoms with E-state index in [2.05, 4.69) is 24.1 Å². The number of aromatic nitrogens is 1. The molecular formula is C10H19N3S. The first kappa shape index (κ1) is 11.6. The van der Waals surface area contributed by atoms with Gasteiger partial charge < -0.3 is 11.1 Å². The highest BCUT2D eigenvalue weighted by Gasteiger charge is 2.14. The van der Waals surface area contributed by atoms with Crippen molar-refractivity contribution in [2.24, 2.45) is 5.73 Å². The minimum atomic E-state index is -0.166.